The topological polar surface area (TPSA) is 55.5 Å². The molecule has 0 amide bonds. The van der Waals surface area contributed by atoms with Crippen molar-refractivity contribution in [3.8, 4) is 5.75 Å². The highest BCUT2D eigenvalue weighted by Crippen LogP contribution is 2.32. The molecular formula is C9H11ClFNO2. The lowest BCUT2D eigenvalue weighted by molar-refractivity contribution is 0.140. The Morgan fingerprint density at radius 3 is 2.86 bits per heavy atom. The van der Waals surface area contributed by atoms with Crippen molar-refractivity contribution in [2.75, 3.05) is 6.61 Å². The van der Waals surface area contributed by atoms with Crippen LogP contribution >= 0.6 is 11.6 Å². The van der Waals surface area contributed by atoms with E-state index in [2.05, 4.69) is 4.84 Å². The zero-order valence-electron chi connectivity index (χ0n) is 7.68. The minimum Gasteiger partial charge on any atom is -0.506 e. The second-order valence-corrected chi connectivity index (χ2v) is 3.32. The fraction of sp³-hybridized carbons (Fsp3) is 0.333. The molecule has 0 aliphatic heterocycles. The molecule has 0 aromatic heterocycles. The van der Waals surface area contributed by atoms with Crippen molar-refractivity contribution in [3.05, 3.63) is 28.0 Å². The van der Waals surface area contributed by atoms with Crippen LogP contribution in [-0.2, 0) is 11.3 Å². The van der Waals surface area contributed by atoms with Crippen molar-refractivity contribution in [2.24, 2.45) is 5.90 Å². The predicted molar refractivity (Wildman–Crippen MR) is 51.7 cm³/mol. The van der Waals surface area contributed by atoms with Crippen molar-refractivity contribution in [1.29, 1.82) is 0 Å². The standard InChI is InChI=1S/C9H11ClFNO2/c1-5-6(2-3-14-12)9(13)7(10)4-8(5)11/h4,13H,2-3,12H2,1H3. The number of phenols is 1. The SMILES string of the molecule is Cc1c(F)cc(Cl)c(O)c1CCON. The third-order valence-corrected chi connectivity index (χ3v) is 2.33. The fourth-order valence-corrected chi connectivity index (χ4v) is 1.43. The lowest BCUT2D eigenvalue weighted by atomic mass is 10.0. The van der Waals surface area contributed by atoms with Gasteiger partial charge in [-0.25, -0.2) is 10.3 Å². The third-order valence-electron chi connectivity index (χ3n) is 2.05. The Hall–Kier alpha value is -0.840. The summed E-state index contributed by atoms with van der Waals surface area (Å²) in [6, 6.07) is 1.08. The second-order valence-electron chi connectivity index (χ2n) is 2.91. The summed E-state index contributed by atoms with van der Waals surface area (Å²) >= 11 is 5.61. The highest BCUT2D eigenvalue weighted by atomic mass is 35.5. The van der Waals surface area contributed by atoms with Crippen LogP contribution in [0.3, 0.4) is 0 Å². The van der Waals surface area contributed by atoms with E-state index in [0.29, 0.717) is 17.5 Å². The molecular weight excluding hydrogens is 209 g/mol. The summed E-state index contributed by atoms with van der Waals surface area (Å²) in [4.78, 5) is 4.36. The molecule has 0 saturated heterocycles. The lowest BCUT2D eigenvalue weighted by Crippen LogP contribution is -2.06. The largest absolute Gasteiger partial charge is 0.506 e. The van der Waals surface area contributed by atoms with Gasteiger partial charge >= 0.3 is 0 Å². The molecule has 1 rings (SSSR count). The van der Waals surface area contributed by atoms with Crippen LogP contribution in [0.5, 0.6) is 5.75 Å². The van der Waals surface area contributed by atoms with Gasteiger partial charge in [-0.3, -0.25) is 0 Å². The number of nitrogens with two attached hydrogens (primary N) is 1. The molecule has 0 bridgehead atoms. The quantitative estimate of drug-likeness (QED) is 0.764. The summed E-state index contributed by atoms with van der Waals surface area (Å²) in [6.07, 6.45) is 0.325. The van der Waals surface area contributed by atoms with Crippen LogP contribution in [0.25, 0.3) is 0 Å². The molecule has 0 radical (unpaired) electrons. The molecule has 0 atom stereocenters. The molecule has 0 spiro atoms. The molecule has 0 aliphatic rings. The summed E-state index contributed by atoms with van der Waals surface area (Å²) < 4.78 is 13.2. The van der Waals surface area contributed by atoms with E-state index in [-0.39, 0.29) is 17.4 Å². The van der Waals surface area contributed by atoms with Gasteiger partial charge in [0.15, 0.2) is 0 Å². The number of benzene rings is 1. The molecule has 0 fully saturated rings. The average molecular weight is 220 g/mol. The smallest absolute Gasteiger partial charge is 0.137 e. The number of aromatic hydroxyl groups is 1. The van der Waals surface area contributed by atoms with Gasteiger partial charge in [0.25, 0.3) is 0 Å². The van der Waals surface area contributed by atoms with E-state index >= 15 is 0 Å². The molecule has 3 N–H and O–H groups in total. The molecule has 0 aliphatic carbocycles. The maximum absolute atomic E-state index is 13.2. The van der Waals surface area contributed by atoms with E-state index in [1.165, 1.54) is 0 Å². The Labute approximate surface area is 86.2 Å². The van der Waals surface area contributed by atoms with E-state index in [1.54, 1.807) is 6.92 Å². The number of halogens is 2. The van der Waals surface area contributed by atoms with Gasteiger partial charge in [-0.05, 0) is 18.6 Å². The van der Waals surface area contributed by atoms with Crippen LogP contribution in [-0.4, -0.2) is 11.7 Å². The maximum atomic E-state index is 13.2. The highest BCUT2D eigenvalue weighted by Gasteiger charge is 2.13. The Bertz CT molecular complexity index is 318. The van der Waals surface area contributed by atoms with Crippen molar-refractivity contribution in [3.63, 3.8) is 0 Å². The van der Waals surface area contributed by atoms with Gasteiger partial charge in [0.05, 0.1) is 11.6 Å². The second kappa shape index (κ2) is 4.59. The van der Waals surface area contributed by atoms with Crippen molar-refractivity contribution < 1.29 is 14.3 Å². The molecule has 1 aromatic rings. The molecule has 0 heterocycles. The van der Waals surface area contributed by atoms with Gasteiger partial charge in [0.2, 0.25) is 0 Å². The van der Waals surface area contributed by atoms with Crippen LogP contribution in [0, 0.1) is 12.7 Å². The highest BCUT2D eigenvalue weighted by molar-refractivity contribution is 6.32. The van der Waals surface area contributed by atoms with Crippen molar-refractivity contribution >= 4 is 11.6 Å². The number of phenolic OH excluding ortho intramolecular Hbond substituents is 1. The van der Waals surface area contributed by atoms with E-state index in [9.17, 15) is 9.50 Å². The minimum atomic E-state index is -0.445. The molecule has 0 unspecified atom stereocenters. The van der Waals surface area contributed by atoms with Gasteiger partial charge < -0.3 is 9.94 Å². The lowest BCUT2D eigenvalue weighted by Gasteiger charge is -2.10. The number of hydrogen-bond donors (Lipinski definition) is 2. The van der Waals surface area contributed by atoms with Gasteiger partial charge in [-0.1, -0.05) is 11.6 Å². The Kier molecular flexibility index (Phi) is 3.69. The zero-order chi connectivity index (χ0) is 10.7. The predicted octanol–water partition coefficient (Wildman–Crippen LogP) is 1.93. The van der Waals surface area contributed by atoms with E-state index in [4.69, 9.17) is 17.5 Å². The first kappa shape index (κ1) is 11.2. The Balaban J connectivity index is 3.11. The zero-order valence-corrected chi connectivity index (χ0v) is 8.44. The van der Waals surface area contributed by atoms with Crippen LogP contribution in [0.1, 0.15) is 11.1 Å². The summed E-state index contributed by atoms with van der Waals surface area (Å²) in [6.45, 7) is 1.77. The first-order valence-electron chi connectivity index (χ1n) is 4.06. The van der Waals surface area contributed by atoms with E-state index in [1.807, 2.05) is 0 Å². The first-order chi connectivity index (χ1) is 6.57. The first-order valence-corrected chi connectivity index (χ1v) is 4.43. The van der Waals surface area contributed by atoms with Crippen LogP contribution < -0.4 is 5.90 Å². The Morgan fingerprint density at radius 1 is 1.64 bits per heavy atom. The number of hydrogen-bond acceptors (Lipinski definition) is 3. The van der Waals surface area contributed by atoms with E-state index in [0.717, 1.165) is 6.07 Å². The van der Waals surface area contributed by atoms with Crippen LogP contribution in [0.2, 0.25) is 5.02 Å². The molecule has 5 heteroatoms. The minimum absolute atomic E-state index is 0.000112. The molecule has 14 heavy (non-hydrogen) atoms. The van der Waals surface area contributed by atoms with Crippen molar-refractivity contribution in [2.45, 2.75) is 13.3 Å². The third kappa shape index (κ3) is 2.15. The van der Waals surface area contributed by atoms with Crippen molar-refractivity contribution in [1.82, 2.24) is 0 Å². The molecule has 78 valence electrons. The normalized spacial score (nSPS) is 10.6. The summed E-state index contributed by atoms with van der Waals surface area (Å²) in [5.41, 5.74) is 0.796. The number of rotatable bonds is 3. The van der Waals surface area contributed by atoms with Crippen LogP contribution in [0.4, 0.5) is 4.39 Å². The van der Waals surface area contributed by atoms with Gasteiger partial charge in [0.1, 0.15) is 11.6 Å². The fourth-order valence-electron chi connectivity index (χ4n) is 1.22. The van der Waals surface area contributed by atoms with Crippen LogP contribution in [0.15, 0.2) is 6.07 Å². The monoisotopic (exact) mass is 219 g/mol. The van der Waals surface area contributed by atoms with Gasteiger partial charge in [-0.2, -0.15) is 0 Å². The van der Waals surface area contributed by atoms with E-state index < -0.39 is 5.82 Å². The Morgan fingerprint density at radius 2 is 2.29 bits per heavy atom. The average Bonchev–Trinajstić information content (AvgIpc) is 2.15. The molecule has 3 nitrogen and oxygen atoms in total. The van der Waals surface area contributed by atoms with Gasteiger partial charge in [-0.15, -0.1) is 0 Å². The summed E-state index contributed by atoms with van der Waals surface area (Å²) in [5.74, 6) is 4.29. The molecule has 0 saturated carbocycles. The maximum Gasteiger partial charge on any atom is 0.137 e. The summed E-state index contributed by atoms with van der Waals surface area (Å²) in [7, 11) is 0. The summed E-state index contributed by atoms with van der Waals surface area (Å²) in [5, 5.41) is 9.53. The van der Waals surface area contributed by atoms with Gasteiger partial charge in [0, 0.05) is 12.0 Å². The molecule has 1 aromatic carbocycles.